The summed E-state index contributed by atoms with van der Waals surface area (Å²) in [7, 11) is 1.87. The summed E-state index contributed by atoms with van der Waals surface area (Å²) < 4.78 is 0. The number of carbonyl (C=O) groups excluding carboxylic acids is 1. The van der Waals surface area contributed by atoms with Crippen LogP contribution in [-0.4, -0.2) is 53.8 Å². The van der Waals surface area contributed by atoms with E-state index < -0.39 is 5.38 Å². The topological polar surface area (TPSA) is 23.6 Å². The van der Waals surface area contributed by atoms with Crippen LogP contribution in [0.1, 0.15) is 26.7 Å². The van der Waals surface area contributed by atoms with Gasteiger partial charge in [-0.2, -0.15) is 0 Å². The number of hydrogen-bond donors (Lipinski definition) is 0. The maximum absolute atomic E-state index is 11.7. The van der Waals surface area contributed by atoms with Gasteiger partial charge in [0.2, 0.25) is 5.91 Å². The molecule has 1 amide bonds. The number of nitrogens with zero attached hydrogens (tertiary/aromatic N) is 2. The Labute approximate surface area is 97.4 Å². The summed E-state index contributed by atoms with van der Waals surface area (Å²) in [4.78, 5) is 15.9. The lowest BCUT2D eigenvalue weighted by Gasteiger charge is -2.36. The van der Waals surface area contributed by atoms with Gasteiger partial charge in [-0.15, -0.1) is 11.6 Å². The number of piperidine rings is 1. The lowest BCUT2D eigenvalue weighted by Crippen LogP contribution is -2.47. The third kappa shape index (κ3) is 3.35. The van der Waals surface area contributed by atoms with Gasteiger partial charge in [0.1, 0.15) is 5.38 Å². The van der Waals surface area contributed by atoms with Crippen molar-refractivity contribution in [3.8, 4) is 0 Å². The summed E-state index contributed by atoms with van der Waals surface area (Å²) in [5.41, 5.74) is 0. The van der Waals surface area contributed by atoms with Crippen molar-refractivity contribution in [2.75, 3.05) is 26.7 Å². The molecule has 0 saturated carbocycles. The van der Waals surface area contributed by atoms with Crippen molar-refractivity contribution in [3.63, 3.8) is 0 Å². The molecule has 1 heterocycles. The van der Waals surface area contributed by atoms with Crippen LogP contribution in [-0.2, 0) is 4.79 Å². The zero-order chi connectivity index (χ0) is 11.4. The summed E-state index contributed by atoms with van der Waals surface area (Å²) in [5.74, 6) is 0.0478. The van der Waals surface area contributed by atoms with Gasteiger partial charge in [0, 0.05) is 26.2 Å². The number of rotatable bonds is 3. The van der Waals surface area contributed by atoms with Crippen molar-refractivity contribution < 1.29 is 4.79 Å². The number of alkyl halides is 1. The Morgan fingerprint density at radius 2 is 2.07 bits per heavy atom. The minimum absolute atomic E-state index is 0.0478. The number of likely N-dealkylation sites (tertiary alicyclic amines) is 1. The molecule has 1 fully saturated rings. The number of halogens is 1. The Balaban J connectivity index is 2.42. The smallest absolute Gasteiger partial charge is 0.240 e. The summed E-state index contributed by atoms with van der Waals surface area (Å²) >= 11 is 5.80. The van der Waals surface area contributed by atoms with E-state index in [1.165, 1.54) is 0 Å². The molecule has 1 saturated heterocycles. The second kappa shape index (κ2) is 5.71. The Hall–Kier alpha value is -0.280. The highest BCUT2D eigenvalue weighted by Crippen LogP contribution is 2.16. The fourth-order valence-corrected chi connectivity index (χ4v) is 2.24. The first-order valence-electron chi connectivity index (χ1n) is 5.69. The Morgan fingerprint density at radius 3 is 2.47 bits per heavy atom. The molecule has 0 aromatic heterocycles. The Kier molecular flexibility index (Phi) is 4.87. The van der Waals surface area contributed by atoms with Gasteiger partial charge in [0.25, 0.3) is 0 Å². The largest absolute Gasteiger partial charge is 0.341 e. The van der Waals surface area contributed by atoms with E-state index in [2.05, 4.69) is 11.8 Å². The van der Waals surface area contributed by atoms with Crippen LogP contribution in [0, 0.1) is 0 Å². The third-order valence-corrected chi connectivity index (χ3v) is 3.43. The van der Waals surface area contributed by atoms with Crippen molar-refractivity contribution in [2.24, 2.45) is 0 Å². The van der Waals surface area contributed by atoms with Crippen molar-refractivity contribution in [2.45, 2.75) is 38.1 Å². The highest BCUT2D eigenvalue weighted by atomic mass is 35.5. The second-order valence-corrected chi connectivity index (χ2v) is 4.89. The average molecular weight is 233 g/mol. The predicted octanol–water partition coefficient (Wildman–Crippen LogP) is 1.56. The zero-order valence-electron chi connectivity index (χ0n) is 9.87. The van der Waals surface area contributed by atoms with Gasteiger partial charge in [0.05, 0.1) is 0 Å². The standard InChI is InChI=1S/C11H21ClN2O/c1-4-14-7-5-10(6-8-14)13(3)11(15)9(2)12/h9-10H,4-8H2,1-3H3. The number of amides is 1. The zero-order valence-corrected chi connectivity index (χ0v) is 10.6. The van der Waals surface area contributed by atoms with Gasteiger partial charge in [-0.3, -0.25) is 4.79 Å². The van der Waals surface area contributed by atoms with E-state index >= 15 is 0 Å². The van der Waals surface area contributed by atoms with E-state index in [0.717, 1.165) is 32.5 Å². The molecule has 1 rings (SSSR count). The minimum Gasteiger partial charge on any atom is -0.341 e. The lowest BCUT2D eigenvalue weighted by atomic mass is 10.0. The Morgan fingerprint density at radius 1 is 1.53 bits per heavy atom. The van der Waals surface area contributed by atoms with Gasteiger partial charge in [-0.05, 0) is 26.3 Å². The van der Waals surface area contributed by atoms with Crippen LogP contribution in [0.5, 0.6) is 0 Å². The first-order chi connectivity index (χ1) is 7.06. The Bertz CT molecular complexity index is 213. The van der Waals surface area contributed by atoms with Crippen molar-refractivity contribution in [1.29, 1.82) is 0 Å². The summed E-state index contributed by atoms with van der Waals surface area (Å²) in [6.07, 6.45) is 2.14. The molecule has 0 bridgehead atoms. The fraction of sp³-hybridized carbons (Fsp3) is 0.909. The molecule has 0 aromatic carbocycles. The highest BCUT2D eigenvalue weighted by molar-refractivity contribution is 6.30. The molecular weight excluding hydrogens is 212 g/mol. The molecule has 1 aliphatic heterocycles. The molecular formula is C11H21ClN2O. The van der Waals surface area contributed by atoms with E-state index in [1.807, 2.05) is 11.9 Å². The molecule has 0 radical (unpaired) electrons. The first-order valence-corrected chi connectivity index (χ1v) is 6.13. The quantitative estimate of drug-likeness (QED) is 0.690. The number of carbonyl (C=O) groups is 1. The molecule has 1 unspecified atom stereocenters. The highest BCUT2D eigenvalue weighted by Gasteiger charge is 2.26. The van der Waals surface area contributed by atoms with Crippen molar-refractivity contribution >= 4 is 17.5 Å². The molecule has 3 nitrogen and oxygen atoms in total. The second-order valence-electron chi connectivity index (χ2n) is 4.23. The first kappa shape index (κ1) is 12.8. The summed E-state index contributed by atoms with van der Waals surface area (Å²) in [5, 5.41) is -0.404. The number of hydrogen-bond acceptors (Lipinski definition) is 2. The van der Waals surface area contributed by atoms with Crippen LogP contribution in [0.25, 0.3) is 0 Å². The van der Waals surface area contributed by atoms with Crippen molar-refractivity contribution in [3.05, 3.63) is 0 Å². The van der Waals surface area contributed by atoms with Crippen LogP contribution < -0.4 is 0 Å². The molecule has 1 atom stereocenters. The van der Waals surface area contributed by atoms with E-state index in [9.17, 15) is 4.79 Å². The molecule has 0 N–H and O–H groups in total. The fourth-order valence-electron chi connectivity index (χ4n) is 2.08. The van der Waals surface area contributed by atoms with Gasteiger partial charge in [-0.1, -0.05) is 6.92 Å². The normalized spacial score (nSPS) is 21.3. The van der Waals surface area contributed by atoms with Crippen LogP contribution in [0.4, 0.5) is 0 Å². The lowest BCUT2D eigenvalue weighted by molar-refractivity contribution is -0.132. The van der Waals surface area contributed by atoms with Crippen molar-refractivity contribution in [1.82, 2.24) is 9.80 Å². The summed E-state index contributed by atoms with van der Waals surface area (Å²) in [6, 6.07) is 0.376. The molecule has 0 spiro atoms. The van der Waals surface area contributed by atoms with E-state index in [0.29, 0.717) is 6.04 Å². The van der Waals surface area contributed by atoms with E-state index in [4.69, 9.17) is 11.6 Å². The molecule has 1 aliphatic rings. The maximum Gasteiger partial charge on any atom is 0.240 e. The monoisotopic (exact) mass is 232 g/mol. The van der Waals surface area contributed by atoms with Crippen LogP contribution in [0.2, 0.25) is 0 Å². The van der Waals surface area contributed by atoms with Crippen LogP contribution >= 0.6 is 11.6 Å². The minimum atomic E-state index is -0.404. The summed E-state index contributed by atoms with van der Waals surface area (Å²) in [6.45, 7) is 7.21. The molecule has 15 heavy (non-hydrogen) atoms. The SMILES string of the molecule is CCN1CCC(N(C)C(=O)C(C)Cl)CC1. The third-order valence-electron chi connectivity index (χ3n) is 3.24. The predicted molar refractivity (Wildman–Crippen MR) is 63.2 cm³/mol. The van der Waals surface area contributed by atoms with Crippen LogP contribution in [0.3, 0.4) is 0 Å². The van der Waals surface area contributed by atoms with Gasteiger partial charge in [0.15, 0.2) is 0 Å². The molecule has 0 aliphatic carbocycles. The molecule has 0 aromatic rings. The van der Waals surface area contributed by atoms with Crippen LogP contribution in [0.15, 0.2) is 0 Å². The maximum atomic E-state index is 11.7. The van der Waals surface area contributed by atoms with Gasteiger partial charge < -0.3 is 9.80 Å². The van der Waals surface area contributed by atoms with E-state index in [-0.39, 0.29) is 5.91 Å². The molecule has 88 valence electrons. The molecule has 4 heteroatoms. The van der Waals surface area contributed by atoms with E-state index in [1.54, 1.807) is 6.92 Å². The average Bonchev–Trinajstić information content (AvgIpc) is 2.27. The van der Waals surface area contributed by atoms with Gasteiger partial charge >= 0.3 is 0 Å². The van der Waals surface area contributed by atoms with Gasteiger partial charge in [-0.25, -0.2) is 0 Å².